The Balaban J connectivity index is 1.87. The Morgan fingerprint density at radius 3 is 2.71 bits per heavy atom. The van der Waals surface area contributed by atoms with Crippen LogP contribution in [0.25, 0.3) is 0 Å². The van der Waals surface area contributed by atoms with E-state index in [4.69, 9.17) is 5.84 Å². The summed E-state index contributed by atoms with van der Waals surface area (Å²) < 4.78 is 1.93. The highest BCUT2D eigenvalue weighted by molar-refractivity contribution is 5.37. The molecular weight excluding hydrogens is 260 g/mol. The van der Waals surface area contributed by atoms with Crippen LogP contribution >= 0.6 is 0 Å². The summed E-state index contributed by atoms with van der Waals surface area (Å²) in [4.78, 5) is 0. The third-order valence-electron chi connectivity index (χ3n) is 4.72. The van der Waals surface area contributed by atoms with E-state index in [9.17, 15) is 0 Å². The predicted octanol–water partition coefficient (Wildman–Crippen LogP) is 2.27. The summed E-state index contributed by atoms with van der Waals surface area (Å²) in [6.45, 7) is 4.15. The van der Waals surface area contributed by atoms with E-state index in [0.29, 0.717) is 0 Å². The Bertz CT molecular complexity index is 657. The Morgan fingerprint density at radius 1 is 1.29 bits per heavy atom. The Morgan fingerprint density at radius 2 is 2.05 bits per heavy atom. The Labute approximate surface area is 126 Å². The minimum absolute atomic E-state index is 0.109. The maximum absolute atomic E-state index is 5.83. The molecule has 1 aromatic carbocycles. The third-order valence-corrected chi connectivity index (χ3v) is 4.72. The zero-order chi connectivity index (χ0) is 15.0. The number of benzene rings is 1. The van der Waals surface area contributed by atoms with Crippen molar-refractivity contribution in [2.24, 2.45) is 12.9 Å². The second kappa shape index (κ2) is 5.62. The SMILES string of the molecule is Cc1nn(C)c(C)c1C(Cc1ccc2c(c1)CCC2)NN. The molecule has 0 spiro atoms. The lowest BCUT2D eigenvalue weighted by atomic mass is 9.96. The molecule has 0 bridgehead atoms. The molecule has 0 fully saturated rings. The fourth-order valence-electron chi connectivity index (χ4n) is 3.53. The van der Waals surface area contributed by atoms with Crippen LogP contribution in [0.2, 0.25) is 0 Å². The molecule has 0 saturated heterocycles. The van der Waals surface area contributed by atoms with Crippen LogP contribution in [0.15, 0.2) is 18.2 Å². The van der Waals surface area contributed by atoms with Crippen molar-refractivity contribution in [3.8, 4) is 0 Å². The number of aromatic nitrogens is 2. The maximum atomic E-state index is 5.83. The molecule has 1 heterocycles. The van der Waals surface area contributed by atoms with Crippen molar-refractivity contribution in [2.45, 2.75) is 45.6 Å². The van der Waals surface area contributed by atoms with Gasteiger partial charge in [-0.05, 0) is 56.2 Å². The van der Waals surface area contributed by atoms with Gasteiger partial charge in [-0.1, -0.05) is 18.2 Å². The molecule has 4 heteroatoms. The summed E-state index contributed by atoms with van der Waals surface area (Å²) in [7, 11) is 1.98. The first-order valence-corrected chi connectivity index (χ1v) is 7.67. The number of aryl methyl sites for hydroxylation is 4. The number of rotatable bonds is 4. The number of hydrazine groups is 1. The van der Waals surface area contributed by atoms with Crippen molar-refractivity contribution < 1.29 is 0 Å². The zero-order valence-corrected chi connectivity index (χ0v) is 13.1. The van der Waals surface area contributed by atoms with Crippen molar-refractivity contribution in [3.05, 3.63) is 51.8 Å². The summed E-state index contributed by atoms with van der Waals surface area (Å²) in [5.41, 5.74) is 10.8. The molecule has 2 aromatic rings. The van der Waals surface area contributed by atoms with E-state index >= 15 is 0 Å². The number of hydrogen-bond donors (Lipinski definition) is 2. The second-order valence-electron chi connectivity index (χ2n) is 6.09. The lowest BCUT2D eigenvalue weighted by Crippen LogP contribution is -2.30. The molecule has 0 radical (unpaired) electrons. The van der Waals surface area contributed by atoms with Crippen molar-refractivity contribution in [1.82, 2.24) is 15.2 Å². The van der Waals surface area contributed by atoms with Crippen molar-refractivity contribution in [2.75, 3.05) is 0 Å². The molecule has 3 N–H and O–H groups in total. The molecule has 1 aliphatic rings. The first kappa shape index (κ1) is 14.3. The number of nitrogens with two attached hydrogens (primary N) is 1. The zero-order valence-electron chi connectivity index (χ0n) is 13.1. The Hall–Kier alpha value is -1.65. The van der Waals surface area contributed by atoms with Crippen LogP contribution in [0.5, 0.6) is 0 Å². The number of nitrogens with one attached hydrogen (secondary N) is 1. The van der Waals surface area contributed by atoms with E-state index in [-0.39, 0.29) is 6.04 Å². The lowest BCUT2D eigenvalue weighted by molar-refractivity contribution is 0.545. The molecule has 0 saturated carbocycles. The molecule has 1 aromatic heterocycles. The molecule has 1 unspecified atom stereocenters. The van der Waals surface area contributed by atoms with E-state index in [1.54, 1.807) is 0 Å². The summed E-state index contributed by atoms with van der Waals surface area (Å²) in [5.74, 6) is 5.83. The molecular formula is C17H24N4. The highest BCUT2D eigenvalue weighted by atomic mass is 15.3. The smallest absolute Gasteiger partial charge is 0.0644 e. The lowest BCUT2D eigenvalue weighted by Gasteiger charge is -2.17. The van der Waals surface area contributed by atoms with Crippen LogP contribution in [-0.4, -0.2) is 9.78 Å². The van der Waals surface area contributed by atoms with E-state index in [0.717, 1.165) is 12.1 Å². The van der Waals surface area contributed by atoms with Gasteiger partial charge in [-0.25, -0.2) is 0 Å². The van der Waals surface area contributed by atoms with Crippen LogP contribution in [0.3, 0.4) is 0 Å². The summed E-state index contributed by atoms with van der Waals surface area (Å²) in [5, 5.41) is 4.50. The van der Waals surface area contributed by atoms with Crippen molar-refractivity contribution >= 4 is 0 Å². The molecule has 1 aliphatic carbocycles. The number of fused-ring (bicyclic) bond motifs is 1. The molecule has 1 atom stereocenters. The minimum atomic E-state index is 0.109. The van der Waals surface area contributed by atoms with Gasteiger partial charge in [0.05, 0.1) is 11.7 Å². The molecule has 0 aliphatic heterocycles. The van der Waals surface area contributed by atoms with Crippen LogP contribution < -0.4 is 11.3 Å². The van der Waals surface area contributed by atoms with Crippen molar-refractivity contribution in [1.29, 1.82) is 0 Å². The molecule has 3 rings (SSSR count). The first-order valence-electron chi connectivity index (χ1n) is 7.67. The van der Waals surface area contributed by atoms with Gasteiger partial charge in [0.1, 0.15) is 0 Å². The van der Waals surface area contributed by atoms with Crippen LogP contribution in [0.1, 0.15) is 46.1 Å². The topological polar surface area (TPSA) is 55.9 Å². The fraction of sp³-hybridized carbons (Fsp3) is 0.471. The molecule has 4 nitrogen and oxygen atoms in total. The highest BCUT2D eigenvalue weighted by Gasteiger charge is 2.20. The Kier molecular flexibility index (Phi) is 3.83. The van der Waals surface area contributed by atoms with E-state index in [1.807, 2.05) is 11.7 Å². The van der Waals surface area contributed by atoms with Gasteiger partial charge in [0, 0.05) is 18.3 Å². The summed E-state index contributed by atoms with van der Waals surface area (Å²) in [6, 6.07) is 7.00. The molecule has 21 heavy (non-hydrogen) atoms. The summed E-state index contributed by atoms with van der Waals surface area (Å²) in [6.07, 6.45) is 4.64. The van der Waals surface area contributed by atoms with E-state index < -0.39 is 0 Å². The van der Waals surface area contributed by atoms with Crippen LogP contribution in [0.4, 0.5) is 0 Å². The van der Waals surface area contributed by atoms with E-state index in [2.05, 4.69) is 42.6 Å². The standard InChI is InChI=1S/C17H24N4/c1-11-17(12(2)21(3)20-11)16(19-18)10-13-7-8-14-5-4-6-15(14)9-13/h7-9,16,19H,4-6,10,18H2,1-3H3. The van der Waals surface area contributed by atoms with Crippen molar-refractivity contribution in [3.63, 3.8) is 0 Å². The maximum Gasteiger partial charge on any atom is 0.0644 e. The minimum Gasteiger partial charge on any atom is -0.272 e. The monoisotopic (exact) mass is 284 g/mol. The van der Waals surface area contributed by atoms with Gasteiger partial charge >= 0.3 is 0 Å². The van der Waals surface area contributed by atoms with Gasteiger partial charge in [0.25, 0.3) is 0 Å². The van der Waals surface area contributed by atoms with E-state index in [1.165, 1.54) is 47.2 Å². The van der Waals surface area contributed by atoms with Gasteiger partial charge in [-0.2, -0.15) is 5.10 Å². The predicted molar refractivity (Wildman–Crippen MR) is 84.9 cm³/mol. The number of hydrogen-bond acceptors (Lipinski definition) is 3. The van der Waals surface area contributed by atoms with Crippen LogP contribution in [0, 0.1) is 13.8 Å². The quantitative estimate of drug-likeness (QED) is 0.669. The normalized spacial score (nSPS) is 15.2. The van der Waals surface area contributed by atoms with Gasteiger partial charge in [0.15, 0.2) is 0 Å². The largest absolute Gasteiger partial charge is 0.272 e. The average molecular weight is 284 g/mol. The first-order chi connectivity index (χ1) is 10.1. The highest BCUT2D eigenvalue weighted by Crippen LogP contribution is 2.27. The number of nitrogens with zero attached hydrogens (tertiary/aromatic N) is 2. The van der Waals surface area contributed by atoms with Crippen LogP contribution in [-0.2, 0) is 26.3 Å². The average Bonchev–Trinajstić information content (AvgIpc) is 3.02. The molecule has 112 valence electrons. The van der Waals surface area contributed by atoms with Gasteiger partial charge in [-0.3, -0.25) is 16.0 Å². The van der Waals surface area contributed by atoms with Gasteiger partial charge in [-0.15, -0.1) is 0 Å². The van der Waals surface area contributed by atoms with Gasteiger partial charge < -0.3 is 0 Å². The third kappa shape index (κ3) is 2.61. The second-order valence-corrected chi connectivity index (χ2v) is 6.09. The molecule has 0 amide bonds. The summed E-state index contributed by atoms with van der Waals surface area (Å²) >= 11 is 0. The fourth-order valence-corrected chi connectivity index (χ4v) is 3.53. The van der Waals surface area contributed by atoms with Gasteiger partial charge in [0.2, 0.25) is 0 Å².